The second kappa shape index (κ2) is 7.78. The number of rotatable bonds is 6. The van der Waals surface area contributed by atoms with Gasteiger partial charge in [0.05, 0.1) is 0 Å². The molecular weight excluding hydrogens is 251 g/mol. The zero-order valence-corrected chi connectivity index (χ0v) is 10.4. The fourth-order valence-electron chi connectivity index (χ4n) is 0.939. The van der Waals surface area contributed by atoms with Crippen molar-refractivity contribution in [2.45, 2.75) is 26.4 Å². The van der Waals surface area contributed by atoms with E-state index in [4.69, 9.17) is 0 Å². The van der Waals surface area contributed by atoms with Crippen LogP contribution in [0.15, 0.2) is 0 Å². The summed E-state index contributed by atoms with van der Waals surface area (Å²) in [6.07, 6.45) is -4.40. The number of hydrogen-bond acceptors (Lipinski definition) is 2. The Morgan fingerprint density at radius 1 is 1.11 bits per heavy atom. The molecule has 0 aromatic rings. The molecule has 0 fully saturated rings. The average Bonchev–Trinajstić information content (AvgIpc) is 2.22. The van der Waals surface area contributed by atoms with Crippen LogP contribution in [0.25, 0.3) is 0 Å². The van der Waals surface area contributed by atoms with Gasteiger partial charge in [-0.15, -0.1) is 0 Å². The maximum Gasteiger partial charge on any atom is 0.405 e. The highest BCUT2D eigenvalue weighted by Gasteiger charge is 2.27. The second-order valence-electron chi connectivity index (χ2n) is 4.17. The maximum atomic E-state index is 11.7. The monoisotopic (exact) mass is 269 g/mol. The van der Waals surface area contributed by atoms with E-state index in [0.717, 1.165) is 0 Å². The van der Waals surface area contributed by atoms with Crippen LogP contribution in [0.2, 0.25) is 0 Å². The first-order chi connectivity index (χ1) is 8.20. The molecule has 0 aromatic carbocycles. The van der Waals surface area contributed by atoms with Crippen molar-refractivity contribution in [3.05, 3.63) is 0 Å². The Labute approximate surface area is 103 Å². The van der Waals surface area contributed by atoms with E-state index in [2.05, 4.69) is 10.6 Å². The summed E-state index contributed by atoms with van der Waals surface area (Å²) in [6.45, 7) is 3.00. The van der Waals surface area contributed by atoms with E-state index < -0.39 is 18.8 Å². The van der Waals surface area contributed by atoms with Crippen LogP contribution in [0.5, 0.6) is 0 Å². The Balaban J connectivity index is 3.59. The SMILES string of the molecule is CC(C)CNC(=O)CCNC(=O)NCC(F)(F)F. The van der Waals surface area contributed by atoms with Gasteiger partial charge in [-0.05, 0) is 5.92 Å². The van der Waals surface area contributed by atoms with E-state index in [1.54, 1.807) is 5.32 Å². The third kappa shape index (κ3) is 11.0. The normalized spacial score (nSPS) is 11.2. The number of alkyl halides is 3. The fourth-order valence-corrected chi connectivity index (χ4v) is 0.939. The lowest BCUT2D eigenvalue weighted by Crippen LogP contribution is -2.42. The summed E-state index contributed by atoms with van der Waals surface area (Å²) in [5, 5.41) is 6.42. The van der Waals surface area contributed by atoms with Crippen LogP contribution in [0.1, 0.15) is 20.3 Å². The second-order valence-corrected chi connectivity index (χ2v) is 4.17. The molecule has 8 heteroatoms. The largest absolute Gasteiger partial charge is 0.405 e. The van der Waals surface area contributed by atoms with Gasteiger partial charge in [-0.3, -0.25) is 4.79 Å². The smallest absolute Gasteiger partial charge is 0.356 e. The standard InChI is InChI=1S/C10H18F3N3O2/c1-7(2)5-15-8(17)3-4-14-9(18)16-6-10(11,12)13/h7H,3-6H2,1-2H3,(H,15,17)(H2,14,16,18). The van der Waals surface area contributed by atoms with Crippen molar-refractivity contribution < 1.29 is 22.8 Å². The molecule has 0 aliphatic carbocycles. The summed E-state index contributed by atoms with van der Waals surface area (Å²) >= 11 is 0. The number of hydrogen-bond donors (Lipinski definition) is 3. The number of halogens is 3. The highest BCUT2D eigenvalue weighted by atomic mass is 19.4. The molecule has 0 aromatic heterocycles. The fraction of sp³-hybridized carbons (Fsp3) is 0.800. The highest BCUT2D eigenvalue weighted by Crippen LogP contribution is 2.11. The molecule has 0 rings (SSSR count). The van der Waals surface area contributed by atoms with Crippen LogP contribution < -0.4 is 16.0 Å². The first-order valence-electron chi connectivity index (χ1n) is 5.56. The Hall–Kier alpha value is -1.47. The van der Waals surface area contributed by atoms with Crippen LogP contribution in [-0.4, -0.2) is 37.7 Å². The zero-order valence-electron chi connectivity index (χ0n) is 10.4. The maximum absolute atomic E-state index is 11.7. The van der Waals surface area contributed by atoms with Gasteiger partial charge in [0.25, 0.3) is 0 Å². The summed E-state index contributed by atoms with van der Waals surface area (Å²) in [5.74, 6) is 0.0665. The first kappa shape index (κ1) is 16.5. The molecule has 0 saturated carbocycles. The van der Waals surface area contributed by atoms with Gasteiger partial charge >= 0.3 is 12.2 Å². The highest BCUT2D eigenvalue weighted by molar-refractivity contribution is 5.78. The first-order valence-corrected chi connectivity index (χ1v) is 5.56. The van der Waals surface area contributed by atoms with Crippen molar-refractivity contribution in [2.24, 2.45) is 5.92 Å². The minimum atomic E-state index is -4.44. The van der Waals surface area contributed by atoms with Crippen LogP contribution in [0.3, 0.4) is 0 Å². The van der Waals surface area contributed by atoms with E-state index in [0.29, 0.717) is 12.5 Å². The molecule has 0 bridgehead atoms. The zero-order chi connectivity index (χ0) is 14.2. The molecule has 0 saturated heterocycles. The summed E-state index contributed by atoms with van der Waals surface area (Å²) in [7, 11) is 0. The van der Waals surface area contributed by atoms with Crippen LogP contribution >= 0.6 is 0 Å². The molecule has 0 aliphatic heterocycles. The lowest BCUT2D eigenvalue weighted by Gasteiger charge is -2.10. The summed E-state index contributed by atoms with van der Waals surface area (Å²) in [4.78, 5) is 22.1. The molecule has 0 aliphatic rings. The molecule has 18 heavy (non-hydrogen) atoms. The summed E-state index contributed by atoms with van der Waals surface area (Å²) in [6, 6.07) is -0.941. The van der Waals surface area contributed by atoms with E-state index in [1.807, 2.05) is 13.8 Å². The number of amides is 3. The van der Waals surface area contributed by atoms with Crippen LogP contribution in [0, 0.1) is 5.92 Å². The average molecular weight is 269 g/mol. The number of urea groups is 1. The van der Waals surface area contributed by atoms with Gasteiger partial charge in [0, 0.05) is 19.5 Å². The van der Waals surface area contributed by atoms with Gasteiger partial charge in [-0.2, -0.15) is 13.2 Å². The predicted molar refractivity (Wildman–Crippen MR) is 59.9 cm³/mol. The number of carbonyl (C=O) groups is 2. The van der Waals surface area contributed by atoms with Gasteiger partial charge in [0.2, 0.25) is 5.91 Å². The van der Waals surface area contributed by atoms with Gasteiger partial charge in [0.15, 0.2) is 0 Å². The predicted octanol–water partition coefficient (Wildman–Crippen LogP) is 1.01. The van der Waals surface area contributed by atoms with E-state index in [9.17, 15) is 22.8 Å². The lowest BCUT2D eigenvalue weighted by molar-refractivity contribution is -0.123. The summed E-state index contributed by atoms with van der Waals surface area (Å²) in [5.41, 5.74) is 0. The van der Waals surface area contributed by atoms with E-state index in [1.165, 1.54) is 0 Å². The summed E-state index contributed by atoms with van der Waals surface area (Å²) < 4.78 is 35.2. The van der Waals surface area contributed by atoms with Crippen molar-refractivity contribution in [3.63, 3.8) is 0 Å². The number of nitrogens with one attached hydrogen (secondary N) is 3. The Morgan fingerprint density at radius 2 is 1.72 bits per heavy atom. The Kier molecular flexibility index (Phi) is 7.14. The van der Waals surface area contributed by atoms with Crippen LogP contribution in [-0.2, 0) is 4.79 Å². The third-order valence-electron chi connectivity index (χ3n) is 1.79. The van der Waals surface area contributed by atoms with Gasteiger partial charge in [-0.25, -0.2) is 4.79 Å². The molecule has 3 amide bonds. The van der Waals surface area contributed by atoms with Gasteiger partial charge < -0.3 is 16.0 Å². The van der Waals surface area contributed by atoms with Crippen molar-refractivity contribution in [3.8, 4) is 0 Å². The molecule has 0 radical (unpaired) electrons. The quantitative estimate of drug-likeness (QED) is 0.673. The minimum absolute atomic E-state index is 0.00633. The Morgan fingerprint density at radius 3 is 2.22 bits per heavy atom. The van der Waals surface area contributed by atoms with E-state index in [-0.39, 0.29) is 18.9 Å². The molecule has 106 valence electrons. The third-order valence-corrected chi connectivity index (χ3v) is 1.79. The van der Waals surface area contributed by atoms with Gasteiger partial charge in [-0.1, -0.05) is 13.8 Å². The number of carbonyl (C=O) groups excluding carboxylic acids is 2. The molecule has 3 N–H and O–H groups in total. The molecule has 0 atom stereocenters. The van der Waals surface area contributed by atoms with Crippen LogP contribution in [0.4, 0.5) is 18.0 Å². The minimum Gasteiger partial charge on any atom is -0.356 e. The van der Waals surface area contributed by atoms with Crippen molar-refractivity contribution in [2.75, 3.05) is 19.6 Å². The molecular formula is C10H18F3N3O2. The molecule has 0 unspecified atom stereocenters. The van der Waals surface area contributed by atoms with Crippen molar-refractivity contribution in [1.29, 1.82) is 0 Å². The topological polar surface area (TPSA) is 70.2 Å². The molecule has 0 spiro atoms. The van der Waals surface area contributed by atoms with E-state index >= 15 is 0 Å². The molecule has 0 heterocycles. The van der Waals surface area contributed by atoms with Crippen molar-refractivity contribution >= 4 is 11.9 Å². The Bertz CT molecular complexity index is 280. The molecule has 5 nitrogen and oxygen atoms in total. The lowest BCUT2D eigenvalue weighted by atomic mass is 10.2. The van der Waals surface area contributed by atoms with Crippen molar-refractivity contribution in [1.82, 2.24) is 16.0 Å². The van der Waals surface area contributed by atoms with Gasteiger partial charge in [0.1, 0.15) is 6.54 Å².